The van der Waals surface area contributed by atoms with E-state index in [9.17, 15) is 19.5 Å². The number of aryl methyl sites for hydroxylation is 1. The molecule has 0 aliphatic rings. The first-order chi connectivity index (χ1) is 16.9. The van der Waals surface area contributed by atoms with Crippen LogP contribution in [0.4, 0.5) is 11.4 Å². The molecule has 0 aliphatic heterocycles. The molecule has 190 valence electrons. The summed E-state index contributed by atoms with van der Waals surface area (Å²) < 4.78 is 5.55. The summed E-state index contributed by atoms with van der Waals surface area (Å²) in [6, 6.07) is 18.6. The normalized spacial score (nSPS) is 10.1. The van der Waals surface area contributed by atoms with Gasteiger partial charge in [0.1, 0.15) is 5.75 Å². The quantitative estimate of drug-likeness (QED) is 0.310. The third-order valence-electron chi connectivity index (χ3n) is 5.17. The molecule has 1 unspecified atom stereocenters. The summed E-state index contributed by atoms with van der Waals surface area (Å²) in [5, 5.41) is 17.4. The average Bonchev–Trinajstić information content (AvgIpc) is 2.87. The molecule has 36 heavy (non-hydrogen) atoms. The smallest absolute Gasteiger partial charge is 0.262 e. The van der Waals surface area contributed by atoms with Gasteiger partial charge in [0, 0.05) is 29.0 Å². The molecular weight excluding hydrogens is 477 g/mol. The second-order valence-corrected chi connectivity index (χ2v) is 7.80. The average molecular weight is 510 g/mol. The second kappa shape index (κ2) is 14.0. The Morgan fingerprint density at radius 1 is 0.778 bits per heavy atom. The molecule has 8 nitrogen and oxygen atoms in total. The minimum atomic E-state index is -0.408. The summed E-state index contributed by atoms with van der Waals surface area (Å²) in [4.78, 5) is 37.6. The number of hydrogen-bond acceptors (Lipinski definition) is 5. The fraction of sp³-hybridized carbons (Fsp3) is 0.222. The summed E-state index contributed by atoms with van der Waals surface area (Å²) in [5.41, 5.74) is 3.22. The van der Waals surface area contributed by atoms with Crippen molar-refractivity contribution in [2.24, 2.45) is 0 Å². The molecule has 1 atom stereocenters. The number of aliphatic hydroxyl groups is 1. The number of aliphatic hydroxyl groups excluding tert-OH is 1. The first-order valence-electron chi connectivity index (χ1n) is 11.4. The molecule has 3 aromatic rings. The fourth-order valence-electron chi connectivity index (χ4n) is 3.30. The molecule has 0 heterocycles. The van der Waals surface area contributed by atoms with Gasteiger partial charge in [-0.25, -0.2) is 0 Å². The van der Waals surface area contributed by atoms with E-state index in [0.29, 0.717) is 34.8 Å². The van der Waals surface area contributed by atoms with E-state index >= 15 is 0 Å². The molecule has 0 bridgehead atoms. The minimum Gasteiger partial charge on any atom is -0.484 e. The summed E-state index contributed by atoms with van der Waals surface area (Å²) in [6.45, 7) is 3.95. The highest BCUT2D eigenvalue weighted by Gasteiger charge is 2.13. The van der Waals surface area contributed by atoms with Crippen molar-refractivity contribution >= 4 is 39.0 Å². The van der Waals surface area contributed by atoms with Crippen LogP contribution in [0, 0.1) is 0 Å². The molecular formula is C27H32N3O5P. The molecule has 0 saturated carbocycles. The monoisotopic (exact) mass is 509 g/mol. The highest BCUT2D eigenvalue weighted by molar-refractivity contribution is 6.92. The zero-order valence-electron chi connectivity index (χ0n) is 20.5. The minimum absolute atomic E-state index is 0. The maximum absolute atomic E-state index is 12.7. The van der Waals surface area contributed by atoms with Crippen molar-refractivity contribution in [2.75, 3.05) is 23.8 Å². The summed E-state index contributed by atoms with van der Waals surface area (Å²) >= 11 is 0. The lowest BCUT2D eigenvalue weighted by Crippen LogP contribution is -2.24. The second-order valence-electron chi connectivity index (χ2n) is 7.80. The summed E-state index contributed by atoms with van der Waals surface area (Å²) in [5.74, 6) is -0.555. The standard InChI is InChI=1S/C27H29N3O5.H3P/c1-3-18-7-11-24(12-8-18)35-17-25(32)29-22-13-21(26(33)28-4-2)14-23(15-22)30-27(34)20-9-5-19(16-31)6-10-20;/h5-15,31H,3-4,16-17H2,1-2H3,(H,28,33)(H,29,32)(H,30,34);1H3. The lowest BCUT2D eigenvalue weighted by atomic mass is 10.1. The lowest BCUT2D eigenvalue weighted by Gasteiger charge is -2.13. The van der Waals surface area contributed by atoms with Gasteiger partial charge in [-0.2, -0.15) is 9.90 Å². The van der Waals surface area contributed by atoms with Gasteiger partial charge in [-0.3, -0.25) is 14.4 Å². The van der Waals surface area contributed by atoms with E-state index in [1.807, 2.05) is 24.3 Å². The van der Waals surface area contributed by atoms with Gasteiger partial charge in [0.2, 0.25) is 0 Å². The molecule has 0 aliphatic carbocycles. The Morgan fingerprint density at radius 2 is 1.39 bits per heavy atom. The van der Waals surface area contributed by atoms with E-state index < -0.39 is 11.8 Å². The Morgan fingerprint density at radius 3 is 1.97 bits per heavy atom. The van der Waals surface area contributed by atoms with Gasteiger partial charge in [-0.1, -0.05) is 31.2 Å². The maximum atomic E-state index is 12.7. The Bertz CT molecular complexity index is 1180. The lowest BCUT2D eigenvalue weighted by molar-refractivity contribution is -0.118. The number of amides is 3. The van der Waals surface area contributed by atoms with Crippen molar-refractivity contribution < 1.29 is 24.2 Å². The Labute approximate surface area is 214 Å². The van der Waals surface area contributed by atoms with Crippen molar-refractivity contribution in [2.45, 2.75) is 26.9 Å². The number of rotatable bonds is 10. The first kappa shape index (κ1) is 28.5. The summed E-state index contributed by atoms with van der Waals surface area (Å²) in [7, 11) is 0. The van der Waals surface area contributed by atoms with Crippen LogP contribution in [0.3, 0.4) is 0 Å². The largest absolute Gasteiger partial charge is 0.484 e. The fourth-order valence-corrected chi connectivity index (χ4v) is 3.30. The van der Waals surface area contributed by atoms with Crippen LogP contribution in [0.2, 0.25) is 0 Å². The van der Waals surface area contributed by atoms with Gasteiger partial charge in [0.15, 0.2) is 6.61 Å². The zero-order chi connectivity index (χ0) is 25.2. The Hall–Kier alpha value is -3.74. The zero-order valence-corrected chi connectivity index (χ0v) is 21.9. The molecule has 0 saturated heterocycles. The third kappa shape index (κ3) is 8.18. The topological polar surface area (TPSA) is 117 Å². The Balaban J connectivity index is 0.00000456. The van der Waals surface area contributed by atoms with E-state index in [2.05, 4.69) is 22.9 Å². The molecule has 9 heteroatoms. The van der Waals surface area contributed by atoms with Crippen molar-refractivity contribution in [3.05, 3.63) is 89.0 Å². The number of carbonyl (C=O) groups is 3. The molecule has 0 radical (unpaired) electrons. The van der Waals surface area contributed by atoms with Crippen molar-refractivity contribution in [1.82, 2.24) is 5.32 Å². The number of ether oxygens (including phenoxy) is 1. The number of benzene rings is 3. The number of anilines is 2. The number of nitrogens with one attached hydrogen (secondary N) is 3. The van der Waals surface area contributed by atoms with Gasteiger partial charge in [-0.15, -0.1) is 0 Å². The summed E-state index contributed by atoms with van der Waals surface area (Å²) in [6.07, 6.45) is 0.912. The van der Waals surface area contributed by atoms with E-state index in [4.69, 9.17) is 4.74 Å². The van der Waals surface area contributed by atoms with Crippen LogP contribution >= 0.6 is 9.90 Å². The van der Waals surface area contributed by atoms with Gasteiger partial charge >= 0.3 is 0 Å². The number of hydrogen-bond donors (Lipinski definition) is 4. The molecule has 0 aromatic heterocycles. The van der Waals surface area contributed by atoms with Crippen molar-refractivity contribution in [3.63, 3.8) is 0 Å². The van der Waals surface area contributed by atoms with Crippen molar-refractivity contribution in [1.29, 1.82) is 0 Å². The van der Waals surface area contributed by atoms with Gasteiger partial charge < -0.3 is 25.8 Å². The van der Waals surface area contributed by atoms with Crippen LogP contribution in [0.1, 0.15) is 45.7 Å². The molecule has 0 fully saturated rings. The first-order valence-corrected chi connectivity index (χ1v) is 11.4. The molecule has 3 amide bonds. The maximum Gasteiger partial charge on any atom is 0.262 e. The highest BCUT2D eigenvalue weighted by atomic mass is 31.0. The molecule has 0 spiro atoms. The van der Waals surface area contributed by atoms with Crippen LogP contribution in [-0.2, 0) is 17.8 Å². The molecule has 3 aromatic carbocycles. The van der Waals surface area contributed by atoms with Gasteiger partial charge in [0.25, 0.3) is 17.7 Å². The predicted octanol–water partition coefficient (Wildman–Crippen LogP) is 3.82. The van der Waals surface area contributed by atoms with E-state index in [1.54, 1.807) is 37.3 Å². The number of carbonyl (C=O) groups excluding carboxylic acids is 3. The van der Waals surface area contributed by atoms with Crippen LogP contribution in [0.5, 0.6) is 5.75 Å². The SMILES string of the molecule is CCNC(=O)c1cc(NC(=O)COc2ccc(CC)cc2)cc(NC(=O)c2ccc(CO)cc2)c1.P. The van der Waals surface area contributed by atoms with Crippen LogP contribution in [0.25, 0.3) is 0 Å². The predicted molar refractivity (Wildman–Crippen MR) is 146 cm³/mol. The van der Waals surface area contributed by atoms with Crippen LogP contribution < -0.4 is 20.7 Å². The highest BCUT2D eigenvalue weighted by Crippen LogP contribution is 2.21. The van der Waals surface area contributed by atoms with Gasteiger partial charge in [0.05, 0.1) is 6.61 Å². The van der Waals surface area contributed by atoms with Crippen LogP contribution in [0.15, 0.2) is 66.7 Å². The van der Waals surface area contributed by atoms with E-state index in [1.165, 1.54) is 17.7 Å². The van der Waals surface area contributed by atoms with E-state index in [-0.39, 0.29) is 34.6 Å². The molecule has 3 rings (SSSR count). The van der Waals surface area contributed by atoms with Gasteiger partial charge in [-0.05, 0) is 66.9 Å². The van der Waals surface area contributed by atoms with Crippen LogP contribution in [-0.4, -0.2) is 36.0 Å². The molecule has 4 N–H and O–H groups in total. The Kier molecular flexibility index (Phi) is 11.1. The van der Waals surface area contributed by atoms with E-state index in [0.717, 1.165) is 6.42 Å². The van der Waals surface area contributed by atoms with Crippen molar-refractivity contribution in [3.8, 4) is 5.75 Å². The third-order valence-corrected chi connectivity index (χ3v) is 5.17.